The molecule has 5 nitrogen and oxygen atoms in total. The summed E-state index contributed by atoms with van der Waals surface area (Å²) in [5.74, 6) is 1.73. The van der Waals surface area contributed by atoms with E-state index in [4.69, 9.17) is 0 Å². The summed E-state index contributed by atoms with van der Waals surface area (Å²) in [5.41, 5.74) is 0. The van der Waals surface area contributed by atoms with Crippen LogP contribution in [0.15, 0.2) is 6.33 Å². The van der Waals surface area contributed by atoms with Crippen LogP contribution in [0.3, 0.4) is 0 Å². The molecule has 2 unspecified atom stereocenters. The highest BCUT2D eigenvalue weighted by molar-refractivity contribution is 4.89. The summed E-state index contributed by atoms with van der Waals surface area (Å²) in [4.78, 5) is 6.74. The van der Waals surface area contributed by atoms with E-state index in [-0.39, 0.29) is 0 Å². The minimum Gasteiger partial charge on any atom is -0.307 e. The second-order valence-electron chi connectivity index (χ2n) is 5.73. The van der Waals surface area contributed by atoms with Gasteiger partial charge in [0.25, 0.3) is 0 Å². The molecule has 2 rings (SSSR count). The molecule has 0 amide bonds. The highest BCUT2D eigenvalue weighted by atomic mass is 15.4. The molecule has 5 heteroatoms. The monoisotopic (exact) mass is 251 g/mol. The first-order valence-electron chi connectivity index (χ1n) is 6.88. The van der Waals surface area contributed by atoms with Crippen molar-refractivity contribution < 1.29 is 0 Å². The van der Waals surface area contributed by atoms with E-state index in [1.807, 2.05) is 4.68 Å². The second-order valence-corrected chi connectivity index (χ2v) is 5.73. The number of rotatable bonds is 4. The summed E-state index contributed by atoms with van der Waals surface area (Å²) in [6, 6.07) is 0.970. The van der Waals surface area contributed by atoms with Gasteiger partial charge in [-0.25, -0.2) is 9.67 Å². The summed E-state index contributed by atoms with van der Waals surface area (Å²) in [7, 11) is 2.20. The fraction of sp³-hybridized carbons (Fsp3) is 0.846. The Bertz CT molecular complexity index is 373. The molecule has 1 aliphatic rings. The predicted octanol–water partition coefficient (Wildman–Crippen LogP) is 1.29. The van der Waals surface area contributed by atoms with E-state index in [0.29, 0.717) is 18.0 Å². The average molecular weight is 251 g/mol. The summed E-state index contributed by atoms with van der Waals surface area (Å²) < 4.78 is 1.99. The van der Waals surface area contributed by atoms with E-state index in [9.17, 15) is 0 Å². The van der Waals surface area contributed by atoms with Crippen LogP contribution in [0.1, 0.15) is 39.1 Å². The number of hydrogen-bond acceptors (Lipinski definition) is 4. The highest BCUT2D eigenvalue weighted by Gasteiger charge is 2.24. The molecule has 1 N–H and O–H groups in total. The van der Waals surface area contributed by atoms with Gasteiger partial charge in [0.2, 0.25) is 0 Å². The summed E-state index contributed by atoms with van der Waals surface area (Å²) in [5, 5.41) is 7.91. The molecule has 1 fully saturated rings. The quantitative estimate of drug-likeness (QED) is 0.876. The third kappa shape index (κ3) is 3.09. The molecule has 0 spiro atoms. The molecule has 0 radical (unpaired) electrons. The normalized spacial score (nSPS) is 25.8. The van der Waals surface area contributed by atoms with Crippen molar-refractivity contribution in [3.05, 3.63) is 12.2 Å². The van der Waals surface area contributed by atoms with Crippen molar-refractivity contribution in [2.24, 2.45) is 5.92 Å². The molecule has 18 heavy (non-hydrogen) atoms. The lowest BCUT2D eigenvalue weighted by atomic mass is 9.94. The van der Waals surface area contributed by atoms with E-state index >= 15 is 0 Å². The van der Waals surface area contributed by atoms with Crippen molar-refractivity contribution >= 4 is 0 Å². The smallest absolute Gasteiger partial charge is 0.141 e. The first-order valence-corrected chi connectivity index (χ1v) is 6.88. The van der Waals surface area contributed by atoms with E-state index in [2.05, 4.69) is 48.1 Å². The van der Waals surface area contributed by atoms with E-state index in [1.54, 1.807) is 6.33 Å². The van der Waals surface area contributed by atoms with E-state index in [1.165, 1.54) is 19.5 Å². The van der Waals surface area contributed by atoms with E-state index in [0.717, 1.165) is 12.4 Å². The number of aromatic nitrogens is 3. The van der Waals surface area contributed by atoms with Crippen molar-refractivity contribution in [2.75, 3.05) is 20.1 Å². The van der Waals surface area contributed by atoms with Gasteiger partial charge in [0, 0.05) is 18.6 Å². The van der Waals surface area contributed by atoms with Crippen LogP contribution in [0.5, 0.6) is 0 Å². The molecule has 0 aromatic carbocycles. The first kappa shape index (κ1) is 13.5. The Labute approximate surface area is 110 Å². The molecule has 1 aromatic heterocycles. The van der Waals surface area contributed by atoms with Crippen LogP contribution in [0.2, 0.25) is 0 Å². The number of nitrogens with one attached hydrogen (secondary N) is 1. The third-order valence-electron chi connectivity index (χ3n) is 3.77. The predicted molar refractivity (Wildman–Crippen MR) is 72.3 cm³/mol. The van der Waals surface area contributed by atoms with E-state index < -0.39 is 0 Å². The van der Waals surface area contributed by atoms with Crippen molar-refractivity contribution in [2.45, 2.75) is 45.8 Å². The minimum atomic E-state index is 0.374. The Kier molecular flexibility index (Phi) is 4.35. The van der Waals surface area contributed by atoms with Gasteiger partial charge in [-0.2, -0.15) is 5.10 Å². The minimum absolute atomic E-state index is 0.374. The maximum Gasteiger partial charge on any atom is 0.141 e. The molecule has 1 saturated heterocycles. The van der Waals surface area contributed by atoms with Gasteiger partial charge in [-0.3, -0.25) is 0 Å². The summed E-state index contributed by atoms with van der Waals surface area (Å²) in [6.45, 7) is 9.76. The number of nitrogens with zero attached hydrogens (tertiary/aromatic N) is 4. The molecule has 0 bridgehead atoms. The molecule has 2 heterocycles. The average Bonchev–Trinajstić information content (AvgIpc) is 2.76. The van der Waals surface area contributed by atoms with Crippen molar-refractivity contribution in [3.63, 3.8) is 0 Å². The van der Waals surface area contributed by atoms with Crippen LogP contribution in [0.25, 0.3) is 0 Å². The molecule has 2 atom stereocenters. The molecule has 1 aromatic rings. The van der Waals surface area contributed by atoms with Gasteiger partial charge in [-0.05, 0) is 39.8 Å². The molecule has 0 aliphatic carbocycles. The van der Waals surface area contributed by atoms with Crippen LogP contribution < -0.4 is 5.32 Å². The number of piperidine rings is 1. The molecule has 1 aliphatic heterocycles. The van der Waals surface area contributed by atoms with Crippen LogP contribution in [0, 0.1) is 5.92 Å². The Morgan fingerprint density at radius 2 is 2.28 bits per heavy atom. The lowest BCUT2D eigenvalue weighted by molar-refractivity contribution is 0.173. The zero-order valence-electron chi connectivity index (χ0n) is 11.9. The fourth-order valence-corrected chi connectivity index (χ4v) is 2.71. The van der Waals surface area contributed by atoms with Gasteiger partial charge >= 0.3 is 0 Å². The Morgan fingerprint density at radius 3 is 2.94 bits per heavy atom. The number of hydrogen-bond donors (Lipinski definition) is 1. The number of likely N-dealkylation sites (tertiary alicyclic amines) is 1. The van der Waals surface area contributed by atoms with Crippen LogP contribution in [0.4, 0.5) is 0 Å². The SMILES string of the molecule is CC1CN(C)CCC1NCc1ncnn1C(C)C. The van der Waals surface area contributed by atoms with Crippen molar-refractivity contribution in [1.82, 2.24) is 25.0 Å². The zero-order valence-corrected chi connectivity index (χ0v) is 11.9. The molecule has 102 valence electrons. The highest BCUT2D eigenvalue weighted by Crippen LogP contribution is 2.16. The van der Waals surface area contributed by atoms with Crippen molar-refractivity contribution in [1.29, 1.82) is 0 Å². The summed E-state index contributed by atoms with van der Waals surface area (Å²) >= 11 is 0. The van der Waals surface area contributed by atoms with Gasteiger partial charge < -0.3 is 10.2 Å². The second kappa shape index (κ2) is 5.80. The Hall–Kier alpha value is -0.940. The van der Waals surface area contributed by atoms with Gasteiger partial charge in [0.05, 0.1) is 6.54 Å². The maximum absolute atomic E-state index is 4.34. The van der Waals surface area contributed by atoms with Gasteiger partial charge in [-0.1, -0.05) is 6.92 Å². The summed E-state index contributed by atoms with van der Waals surface area (Å²) in [6.07, 6.45) is 2.86. The van der Waals surface area contributed by atoms with Crippen LogP contribution in [-0.4, -0.2) is 45.8 Å². The van der Waals surface area contributed by atoms with Gasteiger partial charge in [0.1, 0.15) is 12.2 Å². The maximum atomic E-state index is 4.34. The lowest BCUT2D eigenvalue weighted by Crippen LogP contribution is -2.46. The van der Waals surface area contributed by atoms with Crippen LogP contribution in [-0.2, 0) is 6.54 Å². The Balaban J connectivity index is 1.89. The molecular weight excluding hydrogens is 226 g/mol. The Morgan fingerprint density at radius 1 is 1.50 bits per heavy atom. The topological polar surface area (TPSA) is 46.0 Å². The zero-order chi connectivity index (χ0) is 13.1. The largest absolute Gasteiger partial charge is 0.307 e. The third-order valence-corrected chi connectivity index (χ3v) is 3.77. The standard InChI is InChI=1S/C13H25N5/c1-10(2)18-13(15-9-16-18)7-14-12-5-6-17(4)8-11(12)3/h9-12,14H,5-8H2,1-4H3. The van der Waals surface area contributed by atoms with Crippen LogP contribution >= 0.6 is 0 Å². The van der Waals surface area contributed by atoms with Crippen molar-refractivity contribution in [3.8, 4) is 0 Å². The molecule has 0 saturated carbocycles. The lowest BCUT2D eigenvalue weighted by Gasteiger charge is -2.35. The van der Waals surface area contributed by atoms with Gasteiger partial charge in [-0.15, -0.1) is 0 Å². The molecular formula is C13H25N5. The fourth-order valence-electron chi connectivity index (χ4n) is 2.71. The van der Waals surface area contributed by atoms with Gasteiger partial charge in [0.15, 0.2) is 0 Å². The first-order chi connectivity index (χ1) is 8.58.